The number of hydrogen-bond acceptors (Lipinski definition) is 0. The van der Waals surface area contributed by atoms with Gasteiger partial charge in [0.05, 0.1) is 5.57 Å². The molecule has 0 radical (unpaired) electrons. The van der Waals surface area contributed by atoms with Crippen molar-refractivity contribution in [3.63, 3.8) is 0 Å². The highest BCUT2D eigenvalue weighted by Gasteiger charge is 1.96. The van der Waals surface area contributed by atoms with Crippen molar-refractivity contribution in [3.8, 4) is 11.8 Å². The molecule has 0 aliphatic carbocycles. The van der Waals surface area contributed by atoms with Gasteiger partial charge in [-0.1, -0.05) is 46.0 Å². The number of halogens is 3. The lowest BCUT2D eigenvalue weighted by atomic mass is 10.2. The summed E-state index contributed by atoms with van der Waals surface area (Å²) < 4.78 is 12.3. The Hall–Kier alpha value is -0.590. The van der Waals surface area contributed by atoms with Gasteiger partial charge in [-0.25, -0.2) is 0 Å². The third-order valence-electron chi connectivity index (χ3n) is 1.49. The summed E-state index contributed by atoms with van der Waals surface area (Å²) in [7, 11) is 0. The average Bonchev–Trinajstić information content (AvgIpc) is 2.20. The Labute approximate surface area is 99.5 Å². The minimum absolute atomic E-state index is 0.407. The Bertz CT molecular complexity index is 381. The standard InChI is InChI=1S/C11H7Br2F/c12-8-10(11(13)14)7-6-9-4-2-1-3-5-9/h1-5H,8H2. The van der Waals surface area contributed by atoms with E-state index in [1.54, 1.807) is 0 Å². The lowest BCUT2D eigenvalue weighted by molar-refractivity contribution is 0.698. The molecular weight excluding hydrogens is 311 g/mol. The Morgan fingerprint density at radius 2 is 1.93 bits per heavy atom. The Balaban J connectivity index is 2.88. The normalized spacial score (nSPS) is 11.4. The first kappa shape index (κ1) is 11.5. The molecule has 0 amide bonds. The van der Waals surface area contributed by atoms with Crippen LogP contribution in [-0.2, 0) is 0 Å². The molecule has 0 bridgehead atoms. The molecule has 1 rings (SSSR count). The van der Waals surface area contributed by atoms with Crippen LogP contribution in [-0.4, -0.2) is 5.33 Å². The van der Waals surface area contributed by atoms with Crippen molar-refractivity contribution in [2.24, 2.45) is 0 Å². The zero-order chi connectivity index (χ0) is 10.4. The highest BCUT2D eigenvalue weighted by molar-refractivity contribution is 9.11. The average molecular weight is 318 g/mol. The molecule has 0 unspecified atom stereocenters. The minimum atomic E-state index is -0.419. The first-order chi connectivity index (χ1) is 6.74. The topological polar surface area (TPSA) is 0 Å². The molecule has 0 saturated heterocycles. The Morgan fingerprint density at radius 1 is 1.29 bits per heavy atom. The molecule has 0 atom stereocenters. The lowest BCUT2D eigenvalue weighted by Crippen LogP contribution is -1.81. The first-order valence-electron chi connectivity index (χ1n) is 3.91. The monoisotopic (exact) mass is 316 g/mol. The Morgan fingerprint density at radius 3 is 2.43 bits per heavy atom. The van der Waals surface area contributed by atoms with Gasteiger partial charge in [0, 0.05) is 10.9 Å². The summed E-state index contributed by atoms with van der Waals surface area (Å²) in [5, 5.41) is 0.407. The summed E-state index contributed by atoms with van der Waals surface area (Å²) in [5.74, 6) is 5.62. The number of allylic oxidation sites excluding steroid dienone is 1. The quantitative estimate of drug-likeness (QED) is 0.542. The molecule has 14 heavy (non-hydrogen) atoms. The molecular formula is C11H7Br2F. The molecule has 0 saturated carbocycles. The van der Waals surface area contributed by atoms with E-state index in [-0.39, 0.29) is 0 Å². The third kappa shape index (κ3) is 3.65. The van der Waals surface area contributed by atoms with Gasteiger partial charge in [-0.15, -0.1) is 0 Å². The molecule has 72 valence electrons. The predicted molar refractivity (Wildman–Crippen MR) is 64.2 cm³/mol. The van der Waals surface area contributed by atoms with Gasteiger partial charge in [0.2, 0.25) is 0 Å². The van der Waals surface area contributed by atoms with Gasteiger partial charge >= 0.3 is 0 Å². The van der Waals surface area contributed by atoms with Crippen molar-refractivity contribution in [3.05, 3.63) is 46.2 Å². The van der Waals surface area contributed by atoms with E-state index in [4.69, 9.17) is 0 Å². The zero-order valence-corrected chi connectivity index (χ0v) is 10.4. The van der Waals surface area contributed by atoms with Crippen molar-refractivity contribution in [2.75, 3.05) is 5.33 Å². The fourth-order valence-corrected chi connectivity index (χ4v) is 1.80. The smallest absolute Gasteiger partial charge is 0.178 e. The SMILES string of the molecule is FC(Br)=C(C#Cc1ccccc1)CBr. The van der Waals surface area contributed by atoms with Gasteiger partial charge in [-0.05, 0) is 28.1 Å². The van der Waals surface area contributed by atoms with E-state index < -0.39 is 4.74 Å². The first-order valence-corrected chi connectivity index (χ1v) is 5.82. The summed E-state index contributed by atoms with van der Waals surface area (Å²) in [4.78, 5) is 0. The second kappa shape index (κ2) is 6.00. The van der Waals surface area contributed by atoms with Gasteiger partial charge in [0.25, 0.3) is 0 Å². The molecule has 0 fully saturated rings. The van der Waals surface area contributed by atoms with Crippen LogP contribution in [0.2, 0.25) is 0 Å². The molecule has 0 aliphatic rings. The maximum absolute atomic E-state index is 12.7. The van der Waals surface area contributed by atoms with Crippen LogP contribution in [0.4, 0.5) is 4.39 Å². The van der Waals surface area contributed by atoms with Crippen LogP contribution in [0.25, 0.3) is 0 Å². The Kier molecular flexibility index (Phi) is 4.92. The highest BCUT2D eigenvalue weighted by Crippen LogP contribution is 2.14. The number of rotatable bonds is 1. The van der Waals surface area contributed by atoms with E-state index in [0.717, 1.165) is 5.56 Å². The van der Waals surface area contributed by atoms with E-state index in [2.05, 4.69) is 43.7 Å². The summed E-state index contributed by atoms with van der Waals surface area (Å²) in [6.07, 6.45) is 0. The largest absolute Gasteiger partial charge is 0.198 e. The van der Waals surface area contributed by atoms with Crippen molar-refractivity contribution in [1.82, 2.24) is 0 Å². The van der Waals surface area contributed by atoms with Crippen LogP contribution in [0.3, 0.4) is 0 Å². The number of hydrogen-bond donors (Lipinski definition) is 0. The molecule has 3 heteroatoms. The molecule has 0 aromatic heterocycles. The molecule has 0 N–H and O–H groups in total. The molecule has 0 spiro atoms. The number of benzene rings is 1. The molecule has 1 aromatic rings. The van der Waals surface area contributed by atoms with Crippen LogP contribution < -0.4 is 0 Å². The van der Waals surface area contributed by atoms with Gasteiger partial charge in [-0.3, -0.25) is 0 Å². The maximum atomic E-state index is 12.7. The van der Waals surface area contributed by atoms with Crippen LogP contribution in [0.1, 0.15) is 5.56 Å². The molecule has 1 aromatic carbocycles. The van der Waals surface area contributed by atoms with Crippen molar-refractivity contribution < 1.29 is 4.39 Å². The fourth-order valence-electron chi connectivity index (χ4n) is 0.800. The van der Waals surface area contributed by atoms with Gasteiger partial charge in [-0.2, -0.15) is 4.39 Å². The fraction of sp³-hybridized carbons (Fsp3) is 0.0909. The van der Waals surface area contributed by atoms with Crippen molar-refractivity contribution in [2.45, 2.75) is 0 Å². The van der Waals surface area contributed by atoms with Crippen LogP contribution >= 0.6 is 31.9 Å². The maximum Gasteiger partial charge on any atom is 0.178 e. The van der Waals surface area contributed by atoms with Crippen LogP contribution in [0.15, 0.2) is 40.6 Å². The second-order valence-corrected chi connectivity index (χ2v) is 3.75. The second-order valence-electron chi connectivity index (χ2n) is 2.49. The zero-order valence-electron chi connectivity index (χ0n) is 7.23. The summed E-state index contributed by atoms with van der Waals surface area (Å²) in [6.45, 7) is 0. The molecule has 0 heterocycles. The van der Waals surface area contributed by atoms with Gasteiger partial charge in [0.15, 0.2) is 4.74 Å². The molecule has 0 nitrogen and oxygen atoms in total. The van der Waals surface area contributed by atoms with Crippen molar-refractivity contribution in [1.29, 1.82) is 0 Å². The highest BCUT2D eigenvalue weighted by atomic mass is 79.9. The lowest BCUT2D eigenvalue weighted by Gasteiger charge is -1.90. The third-order valence-corrected chi connectivity index (χ3v) is 2.53. The summed E-state index contributed by atoms with van der Waals surface area (Å²) >= 11 is 5.91. The van der Waals surface area contributed by atoms with E-state index in [9.17, 15) is 4.39 Å². The van der Waals surface area contributed by atoms with E-state index in [1.165, 1.54) is 0 Å². The van der Waals surface area contributed by atoms with E-state index >= 15 is 0 Å². The summed E-state index contributed by atoms with van der Waals surface area (Å²) in [5.41, 5.74) is 1.29. The predicted octanol–water partition coefficient (Wildman–Crippen LogP) is 4.01. The van der Waals surface area contributed by atoms with Crippen LogP contribution in [0, 0.1) is 11.8 Å². The van der Waals surface area contributed by atoms with E-state index in [0.29, 0.717) is 10.9 Å². The number of alkyl halides is 1. The van der Waals surface area contributed by atoms with E-state index in [1.807, 2.05) is 30.3 Å². The van der Waals surface area contributed by atoms with Crippen LogP contribution in [0.5, 0.6) is 0 Å². The van der Waals surface area contributed by atoms with Gasteiger partial charge in [0.1, 0.15) is 0 Å². The van der Waals surface area contributed by atoms with Gasteiger partial charge < -0.3 is 0 Å². The summed E-state index contributed by atoms with van der Waals surface area (Å²) in [6, 6.07) is 9.46. The molecule has 0 aliphatic heterocycles. The minimum Gasteiger partial charge on any atom is -0.198 e. The van der Waals surface area contributed by atoms with Crippen molar-refractivity contribution >= 4 is 31.9 Å².